The Hall–Kier alpha value is -4.87. The van der Waals surface area contributed by atoms with Gasteiger partial charge in [0.25, 0.3) is 5.91 Å². The molecule has 3 heterocycles. The van der Waals surface area contributed by atoms with Crippen LogP contribution in [-0.2, 0) is 22.7 Å². The average Bonchev–Trinajstić information content (AvgIpc) is 3.55. The number of hydrogen-bond acceptors (Lipinski definition) is 8. The monoisotopic (exact) mass is 639 g/mol. The third-order valence-corrected chi connectivity index (χ3v) is 8.60. The Labute approximate surface area is 274 Å². The van der Waals surface area contributed by atoms with Crippen LogP contribution in [0.15, 0.2) is 72.9 Å². The summed E-state index contributed by atoms with van der Waals surface area (Å²) in [5.74, 6) is 1.86. The van der Waals surface area contributed by atoms with Crippen molar-refractivity contribution in [1.29, 1.82) is 0 Å². The molecular formula is C36H41N5O6. The molecule has 2 aliphatic heterocycles. The maximum absolute atomic E-state index is 13.7. The molecular weight excluding hydrogens is 598 g/mol. The number of nitrogens with zero attached hydrogens (tertiary/aromatic N) is 3. The van der Waals surface area contributed by atoms with Gasteiger partial charge in [-0.05, 0) is 73.0 Å². The highest BCUT2D eigenvalue weighted by molar-refractivity contribution is 5.97. The largest absolute Gasteiger partial charge is 0.497 e. The average molecular weight is 640 g/mol. The number of carbonyl (C=O) groups is 2. The number of aromatic amines is 1. The van der Waals surface area contributed by atoms with Crippen LogP contribution in [0.4, 0.5) is 0 Å². The molecule has 2 N–H and O–H groups in total. The number of aromatic nitrogens is 2. The van der Waals surface area contributed by atoms with Crippen molar-refractivity contribution in [3.05, 3.63) is 89.6 Å². The van der Waals surface area contributed by atoms with Crippen molar-refractivity contribution in [2.24, 2.45) is 0 Å². The molecule has 2 aliphatic rings. The van der Waals surface area contributed by atoms with Crippen molar-refractivity contribution >= 4 is 11.8 Å². The molecule has 1 fully saturated rings. The van der Waals surface area contributed by atoms with Crippen molar-refractivity contribution in [2.75, 3.05) is 40.4 Å². The van der Waals surface area contributed by atoms with E-state index in [9.17, 15) is 9.59 Å². The first-order valence-corrected chi connectivity index (χ1v) is 16.0. The Morgan fingerprint density at radius 3 is 2.62 bits per heavy atom. The second-order valence-electron chi connectivity index (χ2n) is 11.9. The summed E-state index contributed by atoms with van der Waals surface area (Å²) in [5, 5.41) is 10.7. The van der Waals surface area contributed by atoms with Crippen LogP contribution in [0, 0.1) is 0 Å². The molecule has 11 heteroatoms. The molecule has 4 aromatic rings. The number of hydrogen-bond donors (Lipinski definition) is 2. The molecule has 3 aromatic carbocycles. The summed E-state index contributed by atoms with van der Waals surface area (Å²) in [6, 6.07) is 20.4. The minimum absolute atomic E-state index is 0.0545. The summed E-state index contributed by atoms with van der Waals surface area (Å²) >= 11 is 0. The molecule has 1 saturated heterocycles. The molecule has 0 spiro atoms. The summed E-state index contributed by atoms with van der Waals surface area (Å²) in [4.78, 5) is 31.0. The first-order valence-electron chi connectivity index (χ1n) is 16.0. The minimum Gasteiger partial charge on any atom is -0.497 e. The Balaban J connectivity index is 1.25. The molecule has 2 amide bonds. The zero-order valence-electron chi connectivity index (χ0n) is 27.0. The van der Waals surface area contributed by atoms with E-state index in [1.165, 1.54) is 0 Å². The van der Waals surface area contributed by atoms with Gasteiger partial charge in [-0.15, -0.1) is 0 Å². The van der Waals surface area contributed by atoms with E-state index >= 15 is 0 Å². The number of rotatable bonds is 7. The standard InChI is InChI=1S/C36H41N5O6/c1-4-15-41-22-34(42)38-30-14-16-40(20-27-19-37-39-35(27)25-8-11-28(44-2)12-9-25)21-33(30)46-23-24-6-5-7-29(17-24)47-32-18-26(36(41)43)10-13-31(32)45-3/h5-13,17-19,30,33H,4,14-16,20-23H2,1-3H3,(H,37,39)(H,38,42)/t30-,33-/m0/s1. The molecule has 11 nitrogen and oxygen atoms in total. The van der Waals surface area contributed by atoms with Gasteiger partial charge in [0.2, 0.25) is 5.91 Å². The quantitative estimate of drug-likeness (QED) is 0.289. The number of benzene rings is 3. The molecule has 2 atom stereocenters. The number of amides is 2. The maximum Gasteiger partial charge on any atom is 0.254 e. The summed E-state index contributed by atoms with van der Waals surface area (Å²) in [6.07, 6.45) is 2.98. The molecule has 1 aromatic heterocycles. The molecule has 6 rings (SSSR count). The minimum atomic E-state index is -0.287. The summed E-state index contributed by atoms with van der Waals surface area (Å²) in [6.45, 7) is 4.74. The second kappa shape index (κ2) is 14.7. The fraction of sp³-hybridized carbons (Fsp3) is 0.361. The van der Waals surface area contributed by atoms with Crippen molar-refractivity contribution in [3.8, 4) is 34.3 Å². The second-order valence-corrected chi connectivity index (χ2v) is 11.9. The maximum atomic E-state index is 13.7. The van der Waals surface area contributed by atoms with Crippen molar-refractivity contribution in [3.63, 3.8) is 0 Å². The number of ether oxygens (including phenoxy) is 4. The first-order chi connectivity index (χ1) is 22.9. The molecule has 0 unspecified atom stereocenters. The van der Waals surface area contributed by atoms with E-state index in [0.717, 1.165) is 34.7 Å². The van der Waals surface area contributed by atoms with Gasteiger partial charge >= 0.3 is 0 Å². The third kappa shape index (κ3) is 7.58. The van der Waals surface area contributed by atoms with E-state index < -0.39 is 0 Å². The lowest BCUT2D eigenvalue weighted by Crippen LogP contribution is -2.56. The fourth-order valence-electron chi connectivity index (χ4n) is 6.19. The van der Waals surface area contributed by atoms with Gasteiger partial charge in [-0.3, -0.25) is 19.6 Å². The lowest BCUT2D eigenvalue weighted by atomic mass is 10.00. The molecule has 246 valence electrons. The third-order valence-electron chi connectivity index (χ3n) is 8.60. The normalized spacial score (nSPS) is 19.0. The predicted molar refractivity (Wildman–Crippen MR) is 177 cm³/mol. The van der Waals surface area contributed by atoms with Crippen LogP contribution in [0.3, 0.4) is 0 Å². The topological polar surface area (TPSA) is 118 Å². The molecule has 4 bridgehead atoms. The van der Waals surface area contributed by atoms with Crippen molar-refractivity contribution < 1.29 is 28.5 Å². The zero-order chi connectivity index (χ0) is 32.8. The highest BCUT2D eigenvalue weighted by atomic mass is 16.5. The number of nitrogens with one attached hydrogen (secondary N) is 2. The van der Waals surface area contributed by atoms with Crippen LogP contribution in [0.2, 0.25) is 0 Å². The van der Waals surface area contributed by atoms with Crippen molar-refractivity contribution in [1.82, 2.24) is 25.3 Å². The predicted octanol–water partition coefficient (Wildman–Crippen LogP) is 5.03. The first kappa shape index (κ1) is 32.1. The van der Waals surface area contributed by atoms with Crippen molar-refractivity contribution in [2.45, 2.75) is 45.1 Å². The number of H-pyrrole nitrogens is 1. The van der Waals surface area contributed by atoms with E-state index in [-0.39, 0.29) is 30.5 Å². The SMILES string of the molecule is CCCN1CC(=O)N[C@H]2CCN(Cc3cn[nH]c3-c3ccc(OC)cc3)C[C@@H]2OCc2cccc(c2)Oc2cc(ccc2OC)C1=O. The number of fused-ring (bicyclic) bond motifs is 5. The van der Waals surface area contributed by atoms with E-state index in [2.05, 4.69) is 20.4 Å². The Kier molecular flexibility index (Phi) is 10.0. The highest BCUT2D eigenvalue weighted by Gasteiger charge is 2.33. The number of piperidine rings is 1. The Morgan fingerprint density at radius 2 is 1.83 bits per heavy atom. The van der Waals surface area contributed by atoms with Crippen LogP contribution in [0.25, 0.3) is 11.3 Å². The van der Waals surface area contributed by atoms with Gasteiger partial charge in [-0.1, -0.05) is 19.1 Å². The van der Waals surface area contributed by atoms with Gasteiger partial charge in [0.1, 0.15) is 11.5 Å². The van der Waals surface area contributed by atoms with Gasteiger partial charge in [-0.25, -0.2) is 0 Å². The molecule has 0 aliphatic carbocycles. The van der Waals surface area contributed by atoms with Crippen LogP contribution < -0.4 is 19.5 Å². The molecule has 0 saturated carbocycles. The van der Waals surface area contributed by atoms with Gasteiger partial charge in [0.05, 0.1) is 51.4 Å². The smallest absolute Gasteiger partial charge is 0.254 e. The van der Waals surface area contributed by atoms with Gasteiger partial charge in [0.15, 0.2) is 11.5 Å². The van der Waals surface area contributed by atoms with E-state index in [4.69, 9.17) is 18.9 Å². The summed E-state index contributed by atoms with van der Waals surface area (Å²) in [7, 11) is 3.21. The number of likely N-dealkylation sites (tertiary alicyclic amines) is 1. The van der Waals surface area contributed by atoms with Crippen LogP contribution >= 0.6 is 0 Å². The number of methoxy groups -OCH3 is 2. The summed E-state index contributed by atoms with van der Waals surface area (Å²) < 4.78 is 23.6. The van der Waals surface area contributed by atoms with Crippen LogP contribution in [0.5, 0.6) is 23.0 Å². The lowest BCUT2D eigenvalue weighted by Gasteiger charge is -2.39. The van der Waals surface area contributed by atoms with E-state index in [0.29, 0.717) is 61.9 Å². The highest BCUT2D eigenvalue weighted by Crippen LogP contribution is 2.34. The molecule has 47 heavy (non-hydrogen) atoms. The van der Waals surface area contributed by atoms with Gasteiger partial charge < -0.3 is 29.2 Å². The fourth-order valence-corrected chi connectivity index (χ4v) is 6.19. The van der Waals surface area contributed by atoms with E-state index in [1.54, 1.807) is 37.3 Å². The van der Waals surface area contributed by atoms with Gasteiger partial charge in [-0.2, -0.15) is 5.10 Å². The Bertz CT molecular complexity index is 1690. The Morgan fingerprint density at radius 1 is 1.00 bits per heavy atom. The van der Waals surface area contributed by atoms with Gasteiger partial charge in [0, 0.05) is 42.9 Å². The summed E-state index contributed by atoms with van der Waals surface area (Å²) in [5.41, 5.74) is 4.41. The van der Waals surface area contributed by atoms with Crippen LogP contribution in [0.1, 0.15) is 41.3 Å². The zero-order valence-corrected chi connectivity index (χ0v) is 27.0. The molecule has 0 radical (unpaired) electrons. The van der Waals surface area contributed by atoms with Crippen LogP contribution in [-0.4, -0.2) is 84.4 Å². The van der Waals surface area contributed by atoms with E-state index in [1.807, 2.05) is 61.7 Å². The lowest BCUT2D eigenvalue weighted by molar-refractivity contribution is -0.125. The number of carbonyl (C=O) groups excluding carboxylic acids is 2.